The van der Waals surface area contributed by atoms with Crippen LogP contribution in [0.5, 0.6) is 11.6 Å². The predicted molar refractivity (Wildman–Crippen MR) is 75.5 cm³/mol. The predicted octanol–water partition coefficient (Wildman–Crippen LogP) is 3.33. The number of aromatic nitrogens is 2. The highest BCUT2D eigenvalue weighted by atomic mass is 35.5. The van der Waals surface area contributed by atoms with Crippen molar-refractivity contribution in [1.29, 1.82) is 0 Å². The van der Waals surface area contributed by atoms with Crippen LogP contribution in [0, 0.1) is 0 Å². The number of nitrogen functional groups attached to an aromatic ring is 1. The van der Waals surface area contributed by atoms with Gasteiger partial charge in [0.15, 0.2) is 0 Å². The largest absolute Gasteiger partial charge is 0.437 e. The Morgan fingerprint density at radius 2 is 1.95 bits per heavy atom. The molecule has 0 aliphatic rings. The number of ether oxygens (including phenoxy) is 1. The zero-order chi connectivity index (χ0) is 13.8. The lowest BCUT2D eigenvalue weighted by Crippen LogP contribution is -2.10. The van der Waals surface area contributed by atoms with Gasteiger partial charge in [0.25, 0.3) is 0 Å². The first-order valence-corrected chi connectivity index (χ1v) is 6.25. The van der Waals surface area contributed by atoms with Crippen molar-refractivity contribution in [2.24, 2.45) is 5.84 Å². The Morgan fingerprint density at radius 1 is 1.26 bits per heavy atom. The van der Waals surface area contributed by atoms with Crippen LogP contribution in [0.2, 0.25) is 5.02 Å². The zero-order valence-electron chi connectivity index (χ0n) is 10.7. The lowest BCUT2D eigenvalue weighted by Gasteiger charge is -2.09. The minimum absolute atomic E-state index is 0.248. The van der Waals surface area contributed by atoms with Gasteiger partial charge in [-0.05, 0) is 23.6 Å². The monoisotopic (exact) mass is 278 g/mol. The summed E-state index contributed by atoms with van der Waals surface area (Å²) < 4.78 is 5.61. The van der Waals surface area contributed by atoms with Gasteiger partial charge in [-0.15, -0.1) is 0 Å². The number of hydrazine groups is 1. The van der Waals surface area contributed by atoms with Crippen molar-refractivity contribution in [3.63, 3.8) is 0 Å². The molecule has 1 heterocycles. The Labute approximate surface area is 116 Å². The Balaban J connectivity index is 2.20. The molecule has 100 valence electrons. The minimum Gasteiger partial charge on any atom is -0.437 e. The normalized spacial score (nSPS) is 10.6. The summed E-state index contributed by atoms with van der Waals surface area (Å²) in [6.45, 7) is 4.27. The molecule has 0 saturated heterocycles. The number of hydrogen-bond acceptors (Lipinski definition) is 5. The van der Waals surface area contributed by atoms with Crippen LogP contribution < -0.4 is 16.0 Å². The number of halogens is 1. The van der Waals surface area contributed by atoms with Crippen LogP contribution in [-0.4, -0.2) is 9.97 Å². The summed E-state index contributed by atoms with van der Waals surface area (Å²) >= 11 is 5.97. The molecule has 3 N–H and O–H groups in total. The smallest absolute Gasteiger partial charge is 0.243 e. The fourth-order valence-electron chi connectivity index (χ4n) is 1.53. The van der Waals surface area contributed by atoms with E-state index < -0.39 is 0 Å². The molecule has 0 unspecified atom stereocenters. The van der Waals surface area contributed by atoms with E-state index in [0.717, 1.165) is 0 Å². The van der Waals surface area contributed by atoms with Gasteiger partial charge in [0.1, 0.15) is 10.8 Å². The molecular formula is C13H15ClN4O. The second kappa shape index (κ2) is 5.86. The Morgan fingerprint density at radius 3 is 2.53 bits per heavy atom. The number of nitrogens with two attached hydrogens (primary N) is 1. The summed E-state index contributed by atoms with van der Waals surface area (Å²) in [5, 5.41) is 0.326. The molecule has 0 fully saturated rings. The Bertz CT molecular complexity index is 557. The van der Waals surface area contributed by atoms with Crippen LogP contribution in [-0.2, 0) is 0 Å². The molecule has 0 atom stereocenters. The molecule has 0 bridgehead atoms. The molecule has 0 radical (unpaired) electrons. The summed E-state index contributed by atoms with van der Waals surface area (Å²) in [6.07, 6.45) is 1.43. The molecule has 2 aromatic rings. The van der Waals surface area contributed by atoms with Crippen molar-refractivity contribution in [3.05, 3.63) is 41.0 Å². The van der Waals surface area contributed by atoms with Gasteiger partial charge < -0.3 is 4.74 Å². The van der Waals surface area contributed by atoms with Gasteiger partial charge in [-0.2, -0.15) is 4.98 Å². The van der Waals surface area contributed by atoms with Crippen molar-refractivity contribution in [3.8, 4) is 11.6 Å². The van der Waals surface area contributed by atoms with Crippen LogP contribution in [0.1, 0.15) is 25.3 Å². The summed E-state index contributed by atoms with van der Waals surface area (Å²) in [7, 11) is 0. The standard InChI is InChI=1S/C13H15ClN4O/c1-8(2)9-3-5-10(6-4-9)19-12-11(14)7-16-13(17-12)18-15/h3-8H,15H2,1-2H3,(H,16,17,18). The first kappa shape index (κ1) is 13.6. The Hall–Kier alpha value is -1.85. The number of nitrogens with zero attached hydrogens (tertiary/aromatic N) is 2. The van der Waals surface area contributed by atoms with E-state index in [1.54, 1.807) is 0 Å². The average Bonchev–Trinajstić information content (AvgIpc) is 2.42. The van der Waals surface area contributed by atoms with Gasteiger partial charge in [-0.1, -0.05) is 37.6 Å². The molecule has 0 aliphatic carbocycles. The highest BCUT2D eigenvalue weighted by Crippen LogP contribution is 2.28. The van der Waals surface area contributed by atoms with E-state index >= 15 is 0 Å². The summed E-state index contributed by atoms with van der Waals surface area (Å²) in [4.78, 5) is 7.92. The first-order valence-electron chi connectivity index (χ1n) is 5.87. The fourth-order valence-corrected chi connectivity index (χ4v) is 1.65. The van der Waals surface area contributed by atoms with Gasteiger partial charge in [0, 0.05) is 0 Å². The molecule has 1 aromatic carbocycles. The maximum absolute atomic E-state index is 5.97. The Kier molecular flexibility index (Phi) is 4.19. The van der Waals surface area contributed by atoms with E-state index in [1.807, 2.05) is 24.3 Å². The number of hydrogen-bond donors (Lipinski definition) is 2. The summed E-state index contributed by atoms with van der Waals surface area (Å²) in [5.41, 5.74) is 3.58. The lowest BCUT2D eigenvalue weighted by molar-refractivity contribution is 0.462. The van der Waals surface area contributed by atoms with E-state index in [9.17, 15) is 0 Å². The van der Waals surface area contributed by atoms with E-state index in [4.69, 9.17) is 22.2 Å². The fraction of sp³-hybridized carbons (Fsp3) is 0.231. The van der Waals surface area contributed by atoms with Crippen molar-refractivity contribution < 1.29 is 4.74 Å². The molecule has 6 heteroatoms. The van der Waals surface area contributed by atoms with Crippen LogP contribution in [0.25, 0.3) is 0 Å². The molecule has 0 spiro atoms. The average molecular weight is 279 g/mol. The molecule has 5 nitrogen and oxygen atoms in total. The van der Waals surface area contributed by atoms with Gasteiger partial charge in [0.2, 0.25) is 11.8 Å². The second-order valence-electron chi connectivity index (χ2n) is 4.32. The number of nitrogens with one attached hydrogen (secondary N) is 1. The maximum Gasteiger partial charge on any atom is 0.243 e. The lowest BCUT2D eigenvalue weighted by atomic mass is 10.0. The highest BCUT2D eigenvalue weighted by molar-refractivity contribution is 6.31. The number of anilines is 1. The third kappa shape index (κ3) is 3.33. The molecule has 1 aromatic heterocycles. The van der Waals surface area contributed by atoms with Crippen molar-refractivity contribution >= 4 is 17.5 Å². The second-order valence-corrected chi connectivity index (χ2v) is 4.72. The van der Waals surface area contributed by atoms with Crippen LogP contribution in [0.3, 0.4) is 0 Å². The maximum atomic E-state index is 5.97. The van der Waals surface area contributed by atoms with Crippen LogP contribution in [0.15, 0.2) is 30.5 Å². The summed E-state index contributed by atoms with van der Waals surface area (Å²) in [6, 6.07) is 7.78. The third-order valence-electron chi connectivity index (χ3n) is 2.60. The van der Waals surface area contributed by atoms with Gasteiger partial charge >= 0.3 is 0 Å². The molecular weight excluding hydrogens is 264 g/mol. The SMILES string of the molecule is CC(C)c1ccc(Oc2nc(NN)ncc2Cl)cc1. The quantitative estimate of drug-likeness (QED) is 0.663. The van der Waals surface area contributed by atoms with Crippen molar-refractivity contribution in [1.82, 2.24) is 9.97 Å². The van der Waals surface area contributed by atoms with Gasteiger partial charge in [0.05, 0.1) is 6.20 Å². The number of rotatable bonds is 4. The van der Waals surface area contributed by atoms with Crippen molar-refractivity contribution in [2.45, 2.75) is 19.8 Å². The number of benzene rings is 1. The molecule has 19 heavy (non-hydrogen) atoms. The van der Waals surface area contributed by atoms with E-state index in [0.29, 0.717) is 16.7 Å². The van der Waals surface area contributed by atoms with Gasteiger partial charge in [-0.3, -0.25) is 5.43 Å². The zero-order valence-corrected chi connectivity index (χ0v) is 11.5. The molecule has 0 aliphatic heterocycles. The van der Waals surface area contributed by atoms with Crippen LogP contribution in [0.4, 0.5) is 5.95 Å². The minimum atomic E-state index is 0.248. The molecule has 2 rings (SSSR count). The summed E-state index contributed by atoms with van der Waals surface area (Å²) in [5.74, 6) is 6.89. The topological polar surface area (TPSA) is 73.1 Å². The van der Waals surface area contributed by atoms with E-state index in [2.05, 4.69) is 29.2 Å². The van der Waals surface area contributed by atoms with E-state index in [-0.39, 0.29) is 11.8 Å². The third-order valence-corrected chi connectivity index (χ3v) is 2.86. The van der Waals surface area contributed by atoms with Crippen molar-refractivity contribution in [2.75, 3.05) is 5.43 Å². The van der Waals surface area contributed by atoms with E-state index in [1.165, 1.54) is 11.8 Å². The van der Waals surface area contributed by atoms with Crippen LogP contribution >= 0.6 is 11.6 Å². The first-order chi connectivity index (χ1) is 9.10. The molecule has 0 saturated carbocycles. The van der Waals surface area contributed by atoms with Gasteiger partial charge in [-0.25, -0.2) is 10.8 Å². The molecule has 0 amide bonds. The highest BCUT2D eigenvalue weighted by Gasteiger charge is 2.08.